The van der Waals surface area contributed by atoms with Crippen molar-refractivity contribution in [1.29, 1.82) is 0 Å². The predicted molar refractivity (Wildman–Crippen MR) is 113 cm³/mol. The molecule has 0 spiro atoms. The number of hydrogen-bond acceptors (Lipinski definition) is 4. The van der Waals surface area contributed by atoms with Gasteiger partial charge in [0.1, 0.15) is 0 Å². The highest BCUT2D eigenvalue weighted by atomic mass is 32.2. The molecule has 1 N–H and O–H groups in total. The highest BCUT2D eigenvalue weighted by Gasteiger charge is 2.20. The molecule has 1 aromatic rings. The zero-order valence-electron chi connectivity index (χ0n) is 16.8. The van der Waals surface area contributed by atoms with Crippen LogP contribution < -0.4 is 10.1 Å². The quantitative estimate of drug-likeness (QED) is 0.395. The summed E-state index contributed by atoms with van der Waals surface area (Å²) in [5, 5.41) is 3.42. The fourth-order valence-electron chi connectivity index (χ4n) is 3.15. The van der Waals surface area contributed by atoms with Crippen LogP contribution in [0.2, 0.25) is 0 Å². The van der Waals surface area contributed by atoms with Crippen molar-refractivity contribution in [3.63, 3.8) is 0 Å². The maximum Gasteiger partial charge on any atom is 0.194 e. The van der Waals surface area contributed by atoms with Crippen LogP contribution in [0.4, 0.5) is 4.39 Å². The van der Waals surface area contributed by atoms with Crippen molar-refractivity contribution in [3.8, 4) is 5.75 Å². The SMILES string of the molecule is CCNC(=NCCCCSC)N1CCN(Cc2ccc(OC)c(F)c2)CC1. The van der Waals surface area contributed by atoms with Crippen LogP contribution in [0.25, 0.3) is 0 Å². The van der Waals surface area contributed by atoms with E-state index in [1.807, 2.05) is 17.8 Å². The molecule has 1 aromatic carbocycles. The number of guanidine groups is 1. The first-order valence-electron chi connectivity index (χ1n) is 9.75. The molecule has 7 heteroatoms. The van der Waals surface area contributed by atoms with Gasteiger partial charge in [-0.05, 0) is 49.5 Å². The first-order valence-corrected chi connectivity index (χ1v) is 11.1. The molecule has 0 aromatic heterocycles. The Kier molecular flexibility index (Phi) is 9.77. The molecule has 0 amide bonds. The number of nitrogens with zero attached hydrogens (tertiary/aromatic N) is 3. The summed E-state index contributed by atoms with van der Waals surface area (Å²) < 4.78 is 18.9. The lowest BCUT2D eigenvalue weighted by Crippen LogP contribution is -2.52. The van der Waals surface area contributed by atoms with Gasteiger partial charge in [0.2, 0.25) is 0 Å². The Morgan fingerprint density at radius 1 is 1.26 bits per heavy atom. The summed E-state index contributed by atoms with van der Waals surface area (Å²) in [5.41, 5.74) is 0.983. The fourth-order valence-corrected chi connectivity index (χ4v) is 3.65. The molecular weight excluding hydrogens is 363 g/mol. The highest BCUT2D eigenvalue weighted by molar-refractivity contribution is 7.98. The number of nitrogens with one attached hydrogen (secondary N) is 1. The van der Waals surface area contributed by atoms with Crippen LogP contribution in [0.15, 0.2) is 23.2 Å². The number of aliphatic imine (C=N–C) groups is 1. The summed E-state index contributed by atoms with van der Waals surface area (Å²) in [6.07, 6.45) is 4.50. The fraction of sp³-hybridized carbons (Fsp3) is 0.650. The van der Waals surface area contributed by atoms with Gasteiger partial charge in [0, 0.05) is 45.8 Å². The number of methoxy groups -OCH3 is 1. The van der Waals surface area contributed by atoms with E-state index in [1.165, 1.54) is 19.3 Å². The van der Waals surface area contributed by atoms with Gasteiger partial charge in [-0.3, -0.25) is 9.89 Å². The highest BCUT2D eigenvalue weighted by Crippen LogP contribution is 2.19. The number of hydrogen-bond donors (Lipinski definition) is 1. The molecule has 1 aliphatic rings. The molecule has 0 radical (unpaired) electrons. The minimum Gasteiger partial charge on any atom is -0.494 e. The van der Waals surface area contributed by atoms with Gasteiger partial charge in [-0.1, -0.05) is 6.07 Å². The Bertz CT molecular complexity index is 591. The van der Waals surface area contributed by atoms with Crippen LogP contribution in [0, 0.1) is 5.82 Å². The predicted octanol–water partition coefficient (Wildman–Crippen LogP) is 3.06. The lowest BCUT2D eigenvalue weighted by atomic mass is 10.2. The Balaban J connectivity index is 1.83. The topological polar surface area (TPSA) is 40.1 Å². The number of rotatable bonds is 9. The smallest absolute Gasteiger partial charge is 0.194 e. The number of halogens is 1. The second-order valence-electron chi connectivity index (χ2n) is 6.67. The summed E-state index contributed by atoms with van der Waals surface area (Å²) in [5.74, 6) is 2.23. The molecular formula is C20H33FN4OS. The van der Waals surface area contributed by atoms with Gasteiger partial charge in [-0.25, -0.2) is 4.39 Å². The first-order chi connectivity index (χ1) is 13.2. The van der Waals surface area contributed by atoms with E-state index in [0.717, 1.165) is 63.8 Å². The molecule has 0 aliphatic carbocycles. The summed E-state index contributed by atoms with van der Waals surface area (Å²) in [6, 6.07) is 5.22. The monoisotopic (exact) mass is 396 g/mol. The number of piperazine rings is 1. The maximum atomic E-state index is 13.9. The third kappa shape index (κ3) is 7.22. The molecule has 5 nitrogen and oxygen atoms in total. The Hall–Kier alpha value is -1.47. The van der Waals surface area contributed by atoms with E-state index in [1.54, 1.807) is 12.1 Å². The van der Waals surface area contributed by atoms with Gasteiger partial charge in [0.05, 0.1) is 7.11 Å². The van der Waals surface area contributed by atoms with Crippen molar-refractivity contribution in [2.45, 2.75) is 26.3 Å². The largest absolute Gasteiger partial charge is 0.494 e. The summed E-state index contributed by atoms with van der Waals surface area (Å²) in [6.45, 7) is 8.41. The van der Waals surface area contributed by atoms with Crippen LogP contribution in [0.5, 0.6) is 5.75 Å². The lowest BCUT2D eigenvalue weighted by molar-refractivity contribution is 0.172. The van der Waals surface area contributed by atoms with E-state index >= 15 is 0 Å². The van der Waals surface area contributed by atoms with Crippen molar-refractivity contribution >= 4 is 17.7 Å². The molecule has 1 heterocycles. The Morgan fingerprint density at radius 2 is 2.04 bits per heavy atom. The van der Waals surface area contributed by atoms with Crippen molar-refractivity contribution in [3.05, 3.63) is 29.6 Å². The van der Waals surface area contributed by atoms with E-state index in [9.17, 15) is 4.39 Å². The van der Waals surface area contributed by atoms with Crippen molar-refractivity contribution in [2.75, 3.05) is 58.4 Å². The molecule has 2 rings (SSSR count). The van der Waals surface area contributed by atoms with E-state index in [2.05, 4.69) is 28.3 Å². The van der Waals surface area contributed by atoms with Crippen molar-refractivity contribution in [1.82, 2.24) is 15.1 Å². The second kappa shape index (κ2) is 12.1. The van der Waals surface area contributed by atoms with Gasteiger partial charge in [0.15, 0.2) is 17.5 Å². The molecule has 1 saturated heterocycles. The minimum atomic E-state index is -0.295. The minimum absolute atomic E-state index is 0.295. The molecule has 0 atom stereocenters. The molecule has 0 bridgehead atoms. The zero-order chi connectivity index (χ0) is 19.5. The molecule has 0 unspecified atom stereocenters. The number of unbranched alkanes of at least 4 members (excludes halogenated alkanes) is 1. The second-order valence-corrected chi connectivity index (χ2v) is 7.65. The third-order valence-electron chi connectivity index (χ3n) is 4.65. The molecule has 152 valence electrons. The molecule has 0 saturated carbocycles. The van der Waals surface area contributed by atoms with Crippen LogP contribution in [-0.4, -0.2) is 74.1 Å². The van der Waals surface area contributed by atoms with Crippen molar-refractivity contribution < 1.29 is 9.13 Å². The van der Waals surface area contributed by atoms with Gasteiger partial charge >= 0.3 is 0 Å². The summed E-state index contributed by atoms with van der Waals surface area (Å²) in [4.78, 5) is 9.49. The van der Waals surface area contributed by atoms with E-state index in [0.29, 0.717) is 5.75 Å². The number of thioether (sulfide) groups is 1. The van der Waals surface area contributed by atoms with Gasteiger partial charge in [0.25, 0.3) is 0 Å². The zero-order valence-corrected chi connectivity index (χ0v) is 17.7. The number of ether oxygens (including phenoxy) is 1. The van der Waals surface area contributed by atoms with E-state index in [4.69, 9.17) is 9.73 Å². The number of benzene rings is 1. The van der Waals surface area contributed by atoms with Gasteiger partial charge in [-0.15, -0.1) is 0 Å². The van der Waals surface area contributed by atoms with Gasteiger partial charge < -0.3 is 15.0 Å². The Labute approximate surface area is 167 Å². The third-order valence-corrected chi connectivity index (χ3v) is 5.34. The molecule has 27 heavy (non-hydrogen) atoms. The summed E-state index contributed by atoms with van der Waals surface area (Å²) >= 11 is 1.89. The van der Waals surface area contributed by atoms with Crippen molar-refractivity contribution in [2.24, 2.45) is 4.99 Å². The Morgan fingerprint density at radius 3 is 2.67 bits per heavy atom. The standard InChI is InChI=1S/C20H33FN4OS/c1-4-22-20(23-9-5-6-14-27-3)25-12-10-24(11-13-25)16-17-7-8-19(26-2)18(21)15-17/h7-8,15H,4-6,9-14,16H2,1-3H3,(H,22,23). The van der Waals surface area contributed by atoms with Gasteiger partial charge in [-0.2, -0.15) is 11.8 Å². The first kappa shape index (κ1) is 21.8. The molecule has 1 fully saturated rings. The average Bonchev–Trinajstić information content (AvgIpc) is 2.68. The van der Waals surface area contributed by atoms with Crippen LogP contribution in [0.3, 0.4) is 0 Å². The average molecular weight is 397 g/mol. The van der Waals surface area contributed by atoms with E-state index < -0.39 is 0 Å². The lowest BCUT2D eigenvalue weighted by Gasteiger charge is -2.36. The maximum absolute atomic E-state index is 13.9. The summed E-state index contributed by atoms with van der Waals surface area (Å²) in [7, 11) is 1.49. The van der Waals surface area contributed by atoms with Crippen LogP contribution >= 0.6 is 11.8 Å². The van der Waals surface area contributed by atoms with Crippen LogP contribution in [-0.2, 0) is 6.54 Å². The van der Waals surface area contributed by atoms with E-state index in [-0.39, 0.29) is 5.82 Å². The normalized spacial score (nSPS) is 15.9. The molecule has 1 aliphatic heterocycles. The van der Waals surface area contributed by atoms with Crippen LogP contribution in [0.1, 0.15) is 25.3 Å².